The van der Waals surface area contributed by atoms with Crippen molar-refractivity contribution in [1.82, 2.24) is 9.88 Å². The highest BCUT2D eigenvalue weighted by molar-refractivity contribution is 5.30. The molecule has 2 rings (SSSR count). The summed E-state index contributed by atoms with van der Waals surface area (Å²) in [5.74, 6) is 0. The summed E-state index contributed by atoms with van der Waals surface area (Å²) in [6.07, 6.45) is 0. The number of methoxy groups -OCH3 is 1. The molecule has 21 heavy (non-hydrogen) atoms. The average Bonchev–Trinajstić information content (AvgIpc) is 2.78. The molecule has 1 N–H and O–H groups in total. The van der Waals surface area contributed by atoms with Gasteiger partial charge in [0, 0.05) is 31.6 Å². The number of aryl methyl sites for hydroxylation is 1. The van der Waals surface area contributed by atoms with Gasteiger partial charge in [-0.25, -0.2) is 0 Å². The van der Waals surface area contributed by atoms with E-state index in [4.69, 9.17) is 4.74 Å². The molecule has 2 aromatic rings. The molecule has 0 aliphatic heterocycles. The molecule has 3 heteroatoms. The first-order valence-electron chi connectivity index (χ1n) is 7.57. The highest BCUT2D eigenvalue weighted by atomic mass is 16.5. The van der Waals surface area contributed by atoms with Crippen molar-refractivity contribution in [3.8, 4) is 0 Å². The minimum absolute atomic E-state index is 0.360. The summed E-state index contributed by atoms with van der Waals surface area (Å²) in [6.45, 7) is 9.18. The number of aromatic nitrogens is 1. The average molecular weight is 286 g/mol. The van der Waals surface area contributed by atoms with Gasteiger partial charge in [0.1, 0.15) is 0 Å². The van der Waals surface area contributed by atoms with E-state index in [1.807, 2.05) is 0 Å². The van der Waals surface area contributed by atoms with E-state index < -0.39 is 0 Å². The standard InChI is InChI=1S/C18H26N2O/c1-14-12-18(13-19-10-11-21-4)16(3)20(14)15(2)17-8-6-5-7-9-17/h5-9,12,15,19H,10-11,13H2,1-4H3. The zero-order chi connectivity index (χ0) is 15.2. The third kappa shape index (κ3) is 3.74. The van der Waals surface area contributed by atoms with Crippen molar-refractivity contribution in [3.63, 3.8) is 0 Å². The number of benzene rings is 1. The number of hydrogen-bond donors (Lipinski definition) is 1. The highest BCUT2D eigenvalue weighted by Crippen LogP contribution is 2.25. The van der Waals surface area contributed by atoms with Crippen LogP contribution in [0.1, 0.15) is 35.5 Å². The van der Waals surface area contributed by atoms with Crippen LogP contribution in [0.25, 0.3) is 0 Å². The lowest BCUT2D eigenvalue weighted by atomic mass is 10.1. The topological polar surface area (TPSA) is 26.2 Å². The Hall–Kier alpha value is -1.58. The van der Waals surface area contributed by atoms with Crippen LogP contribution in [0.4, 0.5) is 0 Å². The molecule has 1 aromatic heterocycles. The quantitative estimate of drug-likeness (QED) is 0.789. The predicted molar refractivity (Wildman–Crippen MR) is 87.7 cm³/mol. The van der Waals surface area contributed by atoms with Crippen LogP contribution in [0.5, 0.6) is 0 Å². The van der Waals surface area contributed by atoms with Gasteiger partial charge >= 0.3 is 0 Å². The zero-order valence-electron chi connectivity index (χ0n) is 13.5. The van der Waals surface area contributed by atoms with Crippen molar-refractivity contribution in [2.75, 3.05) is 20.3 Å². The number of ether oxygens (including phenoxy) is 1. The largest absolute Gasteiger partial charge is 0.383 e. The zero-order valence-corrected chi connectivity index (χ0v) is 13.5. The van der Waals surface area contributed by atoms with Crippen molar-refractivity contribution in [3.05, 3.63) is 58.9 Å². The lowest BCUT2D eigenvalue weighted by Crippen LogP contribution is -2.19. The number of hydrogen-bond acceptors (Lipinski definition) is 2. The van der Waals surface area contributed by atoms with Crippen LogP contribution in [-0.2, 0) is 11.3 Å². The van der Waals surface area contributed by atoms with Crippen molar-refractivity contribution < 1.29 is 4.74 Å². The molecule has 0 saturated carbocycles. The van der Waals surface area contributed by atoms with Gasteiger partial charge in [0.2, 0.25) is 0 Å². The molecular weight excluding hydrogens is 260 g/mol. The van der Waals surface area contributed by atoms with Gasteiger partial charge in [0.05, 0.1) is 12.6 Å². The van der Waals surface area contributed by atoms with Crippen LogP contribution in [-0.4, -0.2) is 24.8 Å². The minimum atomic E-state index is 0.360. The molecule has 1 atom stereocenters. The Morgan fingerprint density at radius 1 is 1.19 bits per heavy atom. The molecule has 114 valence electrons. The fourth-order valence-corrected chi connectivity index (χ4v) is 2.90. The van der Waals surface area contributed by atoms with E-state index >= 15 is 0 Å². The van der Waals surface area contributed by atoms with Crippen LogP contribution in [0, 0.1) is 13.8 Å². The maximum atomic E-state index is 5.07. The van der Waals surface area contributed by atoms with Crippen LogP contribution in [0.2, 0.25) is 0 Å². The van der Waals surface area contributed by atoms with Gasteiger partial charge in [-0.1, -0.05) is 30.3 Å². The smallest absolute Gasteiger partial charge is 0.0587 e. The van der Waals surface area contributed by atoms with Crippen molar-refractivity contribution in [2.45, 2.75) is 33.4 Å². The second-order valence-corrected chi connectivity index (χ2v) is 5.52. The Morgan fingerprint density at radius 3 is 2.57 bits per heavy atom. The Balaban J connectivity index is 2.15. The second-order valence-electron chi connectivity index (χ2n) is 5.52. The number of rotatable bonds is 7. The molecule has 1 heterocycles. The fraction of sp³-hybridized carbons (Fsp3) is 0.444. The first-order chi connectivity index (χ1) is 10.1. The van der Waals surface area contributed by atoms with Gasteiger partial charge in [0.25, 0.3) is 0 Å². The van der Waals surface area contributed by atoms with Crippen molar-refractivity contribution in [1.29, 1.82) is 0 Å². The normalized spacial score (nSPS) is 12.6. The van der Waals surface area contributed by atoms with E-state index in [0.717, 1.165) is 19.7 Å². The summed E-state index contributed by atoms with van der Waals surface area (Å²) in [6, 6.07) is 13.3. The molecular formula is C18H26N2O. The number of nitrogens with zero attached hydrogens (tertiary/aromatic N) is 1. The van der Waals surface area contributed by atoms with E-state index in [1.54, 1.807) is 7.11 Å². The summed E-state index contributed by atoms with van der Waals surface area (Å²) in [7, 11) is 1.73. The summed E-state index contributed by atoms with van der Waals surface area (Å²) >= 11 is 0. The van der Waals surface area contributed by atoms with Crippen molar-refractivity contribution in [2.24, 2.45) is 0 Å². The van der Waals surface area contributed by atoms with Gasteiger partial charge in [0.15, 0.2) is 0 Å². The van der Waals surface area contributed by atoms with E-state index in [-0.39, 0.29) is 0 Å². The van der Waals surface area contributed by atoms with E-state index in [2.05, 4.69) is 67.1 Å². The summed E-state index contributed by atoms with van der Waals surface area (Å²) in [5.41, 5.74) is 5.37. The monoisotopic (exact) mass is 286 g/mol. The van der Waals surface area contributed by atoms with Gasteiger partial charge in [-0.15, -0.1) is 0 Å². The Kier molecular flexibility index (Phi) is 5.59. The van der Waals surface area contributed by atoms with E-state index in [0.29, 0.717) is 6.04 Å². The number of nitrogens with one attached hydrogen (secondary N) is 1. The molecule has 1 aromatic carbocycles. The van der Waals surface area contributed by atoms with E-state index in [9.17, 15) is 0 Å². The molecule has 3 nitrogen and oxygen atoms in total. The third-order valence-corrected chi connectivity index (χ3v) is 4.06. The molecule has 0 fully saturated rings. The maximum Gasteiger partial charge on any atom is 0.0587 e. The molecule has 0 bridgehead atoms. The van der Waals surface area contributed by atoms with Crippen LogP contribution in [0.15, 0.2) is 36.4 Å². The molecule has 0 spiro atoms. The molecule has 1 unspecified atom stereocenters. The first kappa shape index (κ1) is 15.8. The molecule has 0 aliphatic carbocycles. The Bertz CT molecular complexity index is 560. The predicted octanol–water partition coefficient (Wildman–Crippen LogP) is 3.45. The van der Waals surface area contributed by atoms with Crippen LogP contribution < -0.4 is 5.32 Å². The van der Waals surface area contributed by atoms with Gasteiger partial charge in [-0.2, -0.15) is 0 Å². The molecule has 0 amide bonds. The maximum absolute atomic E-state index is 5.07. The first-order valence-corrected chi connectivity index (χ1v) is 7.57. The fourth-order valence-electron chi connectivity index (χ4n) is 2.90. The lowest BCUT2D eigenvalue weighted by molar-refractivity contribution is 0.199. The summed E-state index contributed by atoms with van der Waals surface area (Å²) in [4.78, 5) is 0. The van der Waals surface area contributed by atoms with Gasteiger partial charge in [-0.3, -0.25) is 0 Å². The molecule has 0 radical (unpaired) electrons. The highest BCUT2D eigenvalue weighted by Gasteiger charge is 2.15. The van der Waals surface area contributed by atoms with Crippen LogP contribution in [0.3, 0.4) is 0 Å². The van der Waals surface area contributed by atoms with E-state index in [1.165, 1.54) is 22.5 Å². The molecule has 0 saturated heterocycles. The van der Waals surface area contributed by atoms with Crippen molar-refractivity contribution >= 4 is 0 Å². The van der Waals surface area contributed by atoms with Gasteiger partial charge in [-0.05, 0) is 38.0 Å². The van der Waals surface area contributed by atoms with Gasteiger partial charge < -0.3 is 14.6 Å². The third-order valence-electron chi connectivity index (χ3n) is 4.06. The lowest BCUT2D eigenvalue weighted by Gasteiger charge is -2.19. The molecule has 0 aliphatic rings. The Labute approximate surface area is 127 Å². The SMILES string of the molecule is COCCNCc1cc(C)n(C(C)c2ccccc2)c1C. The van der Waals surface area contributed by atoms with Crippen LogP contribution >= 0.6 is 0 Å². The Morgan fingerprint density at radius 2 is 1.90 bits per heavy atom. The second kappa shape index (κ2) is 7.43. The minimum Gasteiger partial charge on any atom is -0.383 e. The summed E-state index contributed by atoms with van der Waals surface area (Å²) in [5, 5.41) is 3.42. The summed E-state index contributed by atoms with van der Waals surface area (Å²) < 4.78 is 7.49.